The molecule has 8 nitrogen and oxygen atoms in total. The number of carbonyl (C=O) groups excluding carboxylic acids is 2. The van der Waals surface area contributed by atoms with Gasteiger partial charge in [0.15, 0.2) is 0 Å². The molecule has 3 amide bonds. The number of nitrogens with one attached hydrogen (secondary N) is 1. The topological polar surface area (TPSA) is 68.4 Å². The van der Waals surface area contributed by atoms with Gasteiger partial charge in [-0.1, -0.05) is 47.5 Å². The molecule has 0 aromatic heterocycles. The molecule has 226 valence electrons. The van der Waals surface area contributed by atoms with Crippen molar-refractivity contribution in [2.75, 3.05) is 45.8 Å². The van der Waals surface area contributed by atoms with Gasteiger partial charge in [-0.2, -0.15) is 0 Å². The van der Waals surface area contributed by atoms with E-state index in [1.165, 1.54) is 38.5 Å². The number of ether oxygens (including phenoxy) is 1. The molecule has 0 unspecified atom stereocenters. The Labute approximate surface area is 239 Å². The second kappa shape index (κ2) is 14.4. The van der Waals surface area contributed by atoms with Crippen LogP contribution in [0.25, 0.3) is 0 Å². The van der Waals surface area contributed by atoms with Crippen LogP contribution in [0.15, 0.2) is 0 Å². The van der Waals surface area contributed by atoms with E-state index in [2.05, 4.69) is 54.6 Å². The van der Waals surface area contributed by atoms with E-state index < -0.39 is 5.60 Å². The minimum Gasteiger partial charge on any atom is -0.444 e. The molecule has 2 heterocycles. The van der Waals surface area contributed by atoms with Crippen LogP contribution in [0, 0.1) is 11.8 Å². The van der Waals surface area contributed by atoms with Crippen molar-refractivity contribution in [3.05, 3.63) is 0 Å². The van der Waals surface area contributed by atoms with Gasteiger partial charge < -0.3 is 19.9 Å². The van der Waals surface area contributed by atoms with Crippen LogP contribution >= 0.6 is 0 Å². The van der Waals surface area contributed by atoms with Crippen molar-refractivity contribution < 1.29 is 14.3 Å². The monoisotopic (exact) mass is 549 g/mol. The summed E-state index contributed by atoms with van der Waals surface area (Å²) in [7, 11) is 0. The molecule has 4 aliphatic rings. The minimum atomic E-state index is -0.410. The van der Waals surface area contributed by atoms with Crippen LogP contribution in [0.1, 0.15) is 100 Å². The van der Waals surface area contributed by atoms with E-state index in [9.17, 15) is 9.59 Å². The molecular formula is C31H59N5O3. The molecule has 39 heavy (non-hydrogen) atoms. The first kappa shape index (κ1) is 32.0. The summed E-state index contributed by atoms with van der Waals surface area (Å²) in [5.41, 5.74) is -0.410. The second-order valence-corrected chi connectivity index (χ2v) is 13.9. The first-order chi connectivity index (χ1) is 18.4. The van der Waals surface area contributed by atoms with Crippen molar-refractivity contribution >= 4 is 12.1 Å². The van der Waals surface area contributed by atoms with E-state index in [-0.39, 0.29) is 18.2 Å². The maximum atomic E-state index is 12.4. The van der Waals surface area contributed by atoms with Crippen LogP contribution in [0.5, 0.6) is 0 Å². The van der Waals surface area contributed by atoms with E-state index in [1.807, 2.05) is 25.7 Å². The van der Waals surface area contributed by atoms with Crippen LogP contribution in [0.2, 0.25) is 0 Å². The molecule has 0 radical (unpaired) electrons. The highest BCUT2D eigenvalue weighted by molar-refractivity contribution is 5.74. The Morgan fingerprint density at radius 3 is 1.72 bits per heavy atom. The standard InChI is InChI=1S/C16H31N3O.C15H28N2O2/c1-4-5-6-9-17-16(20)19-11-10-18(14-7-8-14)12-15(19)13(2)3;1-11(2)13-10-16(12-6-7-12)8-9-17(13)14(18)19-15(3,4)5/h13-15H,4-12H2,1-3H3,(H,17,20);11-13H,6-10H2,1-5H3/t15-;13-/m11/s1. The Kier molecular flexibility index (Phi) is 11.8. The van der Waals surface area contributed by atoms with Crippen LogP contribution in [-0.2, 0) is 4.74 Å². The van der Waals surface area contributed by atoms with Crippen LogP contribution < -0.4 is 5.32 Å². The predicted molar refractivity (Wildman–Crippen MR) is 159 cm³/mol. The van der Waals surface area contributed by atoms with Crippen molar-refractivity contribution in [1.82, 2.24) is 24.9 Å². The number of urea groups is 1. The number of amides is 3. The molecule has 4 rings (SSSR count). The summed E-state index contributed by atoms with van der Waals surface area (Å²) in [5, 5.41) is 3.10. The summed E-state index contributed by atoms with van der Waals surface area (Å²) in [6.45, 7) is 23.4. The largest absolute Gasteiger partial charge is 0.444 e. The Hall–Kier alpha value is -1.54. The molecule has 4 fully saturated rings. The van der Waals surface area contributed by atoms with E-state index >= 15 is 0 Å². The van der Waals surface area contributed by atoms with Crippen molar-refractivity contribution in [3.63, 3.8) is 0 Å². The van der Waals surface area contributed by atoms with Gasteiger partial charge in [0.2, 0.25) is 0 Å². The lowest BCUT2D eigenvalue weighted by molar-refractivity contribution is -0.0107. The molecule has 2 atom stereocenters. The van der Waals surface area contributed by atoms with Crippen LogP contribution in [0.3, 0.4) is 0 Å². The molecular weight excluding hydrogens is 490 g/mol. The number of carbonyl (C=O) groups is 2. The summed E-state index contributed by atoms with van der Waals surface area (Å²) in [6, 6.07) is 2.39. The van der Waals surface area contributed by atoms with Gasteiger partial charge in [0, 0.05) is 63.9 Å². The normalized spacial score (nSPS) is 25.0. The van der Waals surface area contributed by atoms with E-state index in [0.717, 1.165) is 64.3 Å². The lowest BCUT2D eigenvalue weighted by atomic mass is 10.00. The fourth-order valence-electron chi connectivity index (χ4n) is 5.82. The third-order valence-corrected chi connectivity index (χ3v) is 8.51. The molecule has 1 N–H and O–H groups in total. The lowest BCUT2D eigenvalue weighted by Crippen LogP contribution is -2.59. The summed E-state index contributed by atoms with van der Waals surface area (Å²) in [5.74, 6) is 0.993. The third-order valence-electron chi connectivity index (χ3n) is 8.51. The first-order valence-electron chi connectivity index (χ1n) is 15.9. The highest BCUT2D eigenvalue weighted by Crippen LogP contribution is 2.31. The zero-order chi connectivity index (χ0) is 28.7. The average molecular weight is 550 g/mol. The average Bonchev–Trinajstić information content (AvgIpc) is 3.78. The molecule has 0 aromatic carbocycles. The molecule has 0 aromatic rings. The molecule has 2 saturated carbocycles. The molecule has 2 aliphatic heterocycles. The van der Waals surface area contributed by atoms with Gasteiger partial charge in [-0.05, 0) is 64.7 Å². The van der Waals surface area contributed by atoms with Crippen molar-refractivity contribution in [3.8, 4) is 0 Å². The SMILES string of the molecule is CC(C)[C@H]1CN(C2CC2)CCN1C(=O)OC(C)(C)C.CCCCCNC(=O)N1CCN(C2CC2)C[C@@H]1C(C)C. The number of rotatable bonds is 8. The Morgan fingerprint density at radius 2 is 1.28 bits per heavy atom. The fourth-order valence-corrected chi connectivity index (χ4v) is 5.82. The second-order valence-electron chi connectivity index (χ2n) is 13.9. The highest BCUT2D eigenvalue weighted by Gasteiger charge is 2.40. The number of hydrogen-bond donors (Lipinski definition) is 1. The zero-order valence-corrected chi connectivity index (χ0v) is 26.4. The molecule has 2 aliphatic carbocycles. The lowest BCUT2D eigenvalue weighted by Gasteiger charge is -2.43. The molecule has 2 saturated heterocycles. The van der Waals surface area contributed by atoms with Gasteiger partial charge in [-0.25, -0.2) is 9.59 Å². The molecule has 8 heteroatoms. The fraction of sp³-hybridized carbons (Fsp3) is 0.935. The number of unbranched alkanes of at least 4 members (excludes halogenated alkanes) is 2. The first-order valence-corrected chi connectivity index (χ1v) is 15.9. The summed E-state index contributed by atoms with van der Waals surface area (Å²) in [4.78, 5) is 33.8. The van der Waals surface area contributed by atoms with E-state index in [4.69, 9.17) is 4.74 Å². The van der Waals surface area contributed by atoms with Crippen molar-refractivity contribution in [2.45, 2.75) is 130 Å². The predicted octanol–water partition coefficient (Wildman–Crippen LogP) is 5.42. The maximum absolute atomic E-state index is 12.4. The summed E-state index contributed by atoms with van der Waals surface area (Å²) < 4.78 is 5.54. The van der Waals surface area contributed by atoms with E-state index in [1.54, 1.807) is 0 Å². The van der Waals surface area contributed by atoms with E-state index in [0.29, 0.717) is 17.9 Å². The Balaban J connectivity index is 0.000000216. The summed E-state index contributed by atoms with van der Waals surface area (Å²) in [6.07, 6.45) is 8.71. The number of nitrogens with zero attached hydrogens (tertiary/aromatic N) is 4. The molecule has 0 spiro atoms. The zero-order valence-electron chi connectivity index (χ0n) is 26.4. The van der Waals surface area contributed by atoms with Crippen molar-refractivity contribution in [2.24, 2.45) is 11.8 Å². The minimum absolute atomic E-state index is 0.148. The van der Waals surface area contributed by atoms with Crippen molar-refractivity contribution in [1.29, 1.82) is 0 Å². The Morgan fingerprint density at radius 1 is 0.795 bits per heavy atom. The van der Waals surface area contributed by atoms with Gasteiger partial charge in [0.05, 0.1) is 6.04 Å². The van der Waals surface area contributed by atoms with Gasteiger partial charge in [-0.15, -0.1) is 0 Å². The number of hydrogen-bond acceptors (Lipinski definition) is 5. The van der Waals surface area contributed by atoms with Gasteiger partial charge in [0.25, 0.3) is 0 Å². The van der Waals surface area contributed by atoms with Crippen LogP contribution in [-0.4, -0.2) is 107 Å². The maximum Gasteiger partial charge on any atom is 0.410 e. The Bertz CT molecular complexity index is 775. The quantitative estimate of drug-likeness (QED) is 0.410. The highest BCUT2D eigenvalue weighted by atomic mass is 16.6. The van der Waals surface area contributed by atoms with Crippen LogP contribution in [0.4, 0.5) is 9.59 Å². The smallest absolute Gasteiger partial charge is 0.410 e. The van der Waals surface area contributed by atoms with Gasteiger partial charge in [0.1, 0.15) is 5.60 Å². The van der Waals surface area contributed by atoms with Gasteiger partial charge in [-0.3, -0.25) is 9.80 Å². The van der Waals surface area contributed by atoms with Gasteiger partial charge >= 0.3 is 12.1 Å². The molecule has 0 bridgehead atoms. The number of piperazine rings is 2. The summed E-state index contributed by atoms with van der Waals surface area (Å²) >= 11 is 0. The third kappa shape index (κ3) is 10.1.